The Hall–Kier alpha value is -3.59. The first-order chi connectivity index (χ1) is 12.9. The van der Waals surface area contributed by atoms with Gasteiger partial charge in [-0.25, -0.2) is 0 Å². The van der Waals surface area contributed by atoms with Gasteiger partial charge in [-0.3, -0.25) is 20.0 Å². The lowest BCUT2D eigenvalue weighted by molar-refractivity contribution is -0.384. The second-order valence-electron chi connectivity index (χ2n) is 5.60. The average Bonchev–Trinajstić information content (AvgIpc) is 3.03. The number of benzene rings is 2. The van der Waals surface area contributed by atoms with Gasteiger partial charge in [0.15, 0.2) is 5.82 Å². The Balaban J connectivity index is 1.76. The van der Waals surface area contributed by atoms with E-state index >= 15 is 0 Å². The quantitative estimate of drug-likeness (QED) is 0.362. The van der Waals surface area contributed by atoms with Crippen LogP contribution in [0.4, 0.5) is 23.0 Å². The van der Waals surface area contributed by atoms with Crippen molar-refractivity contribution in [2.45, 2.75) is 6.54 Å². The van der Waals surface area contributed by atoms with Crippen molar-refractivity contribution in [1.82, 2.24) is 10.2 Å². The smallest absolute Gasteiger partial charge is 0.269 e. The van der Waals surface area contributed by atoms with Crippen molar-refractivity contribution < 1.29 is 9.72 Å². The predicted molar refractivity (Wildman–Crippen MR) is 102 cm³/mol. The maximum Gasteiger partial charge on any atom is 0.269 e. The number of nitrogens with zero attached hydrogens (tertiary/aromatic N) is 2. The molecule has 0 fully saturated rings. The summed E-state index contributed by atoms with van der Waals surface area (Å²) in [4.78, 5) is 22.1. The molecule has 0 spiro atoms. The Morgan fingerprint density at radius 2 is 2.00 bits per heavy atom. The monoisotopic (exact) mass is 386 g/mol. The molecule has 0 radical (unpaired) electrons. The topological polar surface area (TPSA) is 139 Å². The van der Waals surface area contributed by atoms with Crippen molar-refractivity contribution in [3.63, 3.8) is 0 Å². The molecule has 0 saturated heterocycles. The number of nitrogens with two attached hydrogens (primary N) is 1. The van der Waals surface area contributed by atoms with Crippen LogP contribution in [0, 0.1) is 10.1 Å². The third kappa shape index (κ3) is 4.33. The van der Waals surface area contributed by atoms with Gasteiger partial charge < -0.3 is 16.4 Å². The van der Waals surface area contributed by atoms with Crippen molar-refractivity contribution >= 4 is 40.5 Å². The zero-order valence-corrected chi connectivity index (χ0v) is 14.7. The van der Waals surface area contributed by atoms with Crippen LogP contribution in [-0.4, -0.2) is 21.0 Å². The minimum atomic E-state index is -0.667. The summed E-state index contributed by atoms with van der Waals surface area (Å²) in [5, 5.41) is 24.0. The number of aromatic amines is 1. The number of anilines is 3. The van der Waals surface area contributed by atoms with Gasteiger partial charge >= 0.3 is 0 Å². The van der Waals surface area contributed by atoms with Crippen LogP contribution in [0.25, 0.3) is 0 Å². The highest BCUT2D eigenvalue weighted by Crippen LogP contribution is 2.26. The summed E-state index contributed by atoms with van der Waals surface area (Å²) >= 11 is 5.95. The molecular weight excluding hydrogens is 372 g/mol. The Labute approximate surface area is 158 Å². The van der Waals surface area contributed by atoms with E-state index in [9.17, 15) is 14.9 Å². The van der Waals surface area contributed by atoms with Crippen LogP contribution in [0.15, 0.2) is 48.5 Å². The van der Waals surface area contributed by atoms with E-state index in [-0.39, 0.29) is 17.1 Å². The molecule has 3 aromatic rings. The molecular formula is C17H15ClN6O3. The number of halogens is 1. The molecule has 138 valence electrons. The van der Waals surface area contributed by atoms with E-state index in [1.165, 1.54) is 12.1 Å². The van der Waals surface area contributed by atoms with Gasteiger partial charge in [-0.1, -0.05) is 29.8 Å². The highest BCUT2D eigenvalue weighted by atomic mass is 35.5. The Morgan fingerprint density at radius 1 is 1.26 bits per heavy atom. The molecule has 1 aromatic heterocycles. The summed E-state index contributed by atoms with van der Waals surface area (Å²) in [6.07, 6.45) is 0. The third-order valence-corrected chi connectivity index (χ3v) is 3.95. The first kappa shape index (κ1) is 18.2. The SMILES string of the molecule is NC(=O)c1c(NCc2ccc([N+](=O)[O-])cc2)n[nH]c1Nc1cccc(Cl)c1. The van der Waals surface area contributed by atoms with E-state index in [0.29, 0.717) is 23.1 Å². The Bertz CT molecular complexity index is 987. The van der Waals surface area contributed by atoms with Gasteiger partial charge in [-0.15, -0.1) is 0 Å². The minimum Gasteiger partial charge on any atom is -0.365 e. The van der Waals surface area contributed by atoms with Gasteiger partial charge in [0.2, 0.25) is 0 Å². The van der Waals surface area contributed by atoms with Crippen LogP contribution in [0.1, 0.15) is 15.9 Å². The summed E-state index contributed by atoms with van der Waals surface area (Å²) < 4.78 is 0. The molecule has 10 heteroatoms. The van der Waals surface area contributed by atoms with Crippen LogP contribution < -0.4 is 16.4 Å². The summed E-state index contributed by atoms with van der Waals surface area (Å²) in [5.41, 5.74) is 7.10. The number of nitrogens with one attached hydrogen (secondary N) is 3. The molecule has 0 aliphatic heterocycles. The van der Waals surface area contributed by atoms with E-state index in [1.54, 1.807) is 36.4 Å². The highest BCUT2D eigenvalue weighted by molar-refractivity contribution is 6.30. The molecule has 0 aliphatic rings. The Kier molecular flexibility index (Phi) is 5.23. The molecule has 5 N–H and O–H groups in total. The van der Waals surface area contributed by atoms with E-state index in [1.807, 2.05) is 0 Å². The standard InChI is InChI=1S/C17H15ClN6O3/c18-11-2-1-3-12(8-11)21-17-14(15(19)25)16(22-23-17)20-9-10-4-6-13(7-5-10)24(26)27/h1-8H,9H2,(H2,19,25)(H3,20,21,22,23). The number of aromatic nitrogens is 2. The first-order valence-corrected chi connectivity index (χ1v) is 8.20. The number of carbonyl (C=O) groups is 1. The molecule has 9 nitrogen and oxygen atoms in total. The lowest BCUT2D eigenvalue weighted by Gasteiger charge is -2.07. The number of amides is 1. The summed E-state index contributed by atoms with van der Waals surface area (Å²) in [6, 6.07) is 13.0. The lowest BCUT2D eigenvalue weighted by Crippen LogP contribution is -2.15. The van der Waals surface area contributed by atoms with Gasteiger partial charge in [0, 0.05) is 29.4 Å². The molecule has 0 aliphatic carbocycles. The largest absolute Gasteiger partial charge is 0.365 e. The zero-order valence-electron chi connectivity index (χ0n) is 13.9. The molecule has 0 unspecified atom stereocenters. The molecule has 3 rings (SSSR count). The van der Waals surface area contributed by atoms with Crippen molar-refractivity contribution in [1.29, 1.82) is 0 Å². The summed E-state index contributed by atoms with van der Waals surface area (Å²) in [6.45, 7) is 0.305. The van der Waals surface area contributed by atoms with Crippen LogP contribution >= 0.6 is 11.6 Å². The normalized spacial score (nSPS) is 10.4. The Morgan fingerprint density at radius 3 is 2.63 bits per heavy atom. The lowest BCUT2D eigenvalue weighted by atomic mass is 10.2. The number of H-pyrrole nitrogens is 1. The highest BCUT2D eigenvalue weighted by Gasteiger charge is 2.18. The van der Waals surface area contributed by atoms with E-state index in [2.05, 4.69) is 20.8 Å². The number of hydrogen-bond donors (Lipinski definition) is 4. The van der Waals surface area contributed by atoms with Crippen molar-refractivity contribution in [3.8, 4) is 0 Å². The van der Waals surface area contributed by atoms with Gasteiger partial charge in [0.1, 0.15) is 11.4 Å². The van der Waals surface area contributed by atoms with Gasteiger partial charge in [-0.05, 0) is 23.8 Å². The van der Waals surface area contributed by atoms with Crippen LogP contribution in [0.5, 0.6) is 0 Å². The maximum absolute atomic E-state index is 11.9. The predicted octanol–water partition coefficient (Wildman–Crippen LogP) is 3.43. The number of rotatable bonds is 7. The van der Waals surface area contributed by atoms with E-state index in [0.717, 1.165) is 5.56 Å². The number of carbonyl (C=O) groups excluding carboxylic acids is 1. The molecule has 2 aromatic carbocycles. The molecule has 27 heavy (non-hydrogen) atoms. The fraction of sp³-hybridized carbons (Fsp3) is 0.0588. The minimum absolute atomic E-state index is 0.00403. The number of nitro groups is 1. The van der Waals surface area contributed by atoms with Gasteiger partial charge in [0.25, 0.3) is 11.6 Å². The third-order valence-electron chi connectivity index (χ3n) is 3.71. The van der Waals surface area contributed by atoms with Crippen LogP contribution in [-0.2, 0) is 6.54 Å². The van der Waals surface area contributed by atoms with E-state index in [4.69, 9.17) is 17.3 Å². The molecule has 0 atom stereocenters. The number of nitro benzene ring substituents is 1. The molecule has 1 heterocycles. The molecule has 0 bridgehead atoms. The zero-order chi connectivity index (χ0) is 19.4. The van der Waals surface area contributed by atoms with Crippen molar-refractivity contribution in [3.05, 3.63) is 74.8 Å². The second kappa shape index (κ2) is 7.75. The molecule has 0 saturated carbocycles. The summed E-state index contributed by atoms with van der Waals surface area (Å²) in [7, 11) is 0. The van der Waals surface area contributed by atoms with E-state index < -0.39 is 10.8 Å². The summed E-state index contributed by atoms with van der Waals surface area (Å²) in [5.74, 6) is -0.0687. The average molecular weight is 387 g/mol. The fourth-order valence-electron chi connectivity index (χ4n) is 2.43. The number of hydrogen-bond acceptors (Lipinski definition) is 6. The van der Waals surface area contributed by atoms with Crippen LogP contribution in [0.3, 0.4) is 0 Å². The fourth-order valence-corrected chi connectivity index (χ4v) is 2.62. The maximum atomic E-state index is 11.9. The first-order valence-electron chi connectivity index (χ1n) is 7.82. The second-order valence-corrected chi connectivity index (χ2v) is 6.04. The number of primary amides is 1. The van der Waals surface area contributed by atoms with Crippen molar-refractivity contribution in [2.24, 2.45) is 5.73 Å². The van der Waals surface area contributed by atoms with Crippen molar-refractivity contribution in [2.75, 3.05) is 10.6 Å². The molecule has 1 amide bonds. The van der Waals surface area contributed by atoms with Gasteiger partial charge in [-0.2, -0.15) is 5.10 Å². The number of non-ortho nitro benzene ring substituents is 1. The van der Waals surface area contributed by atoms with Gasteiger partial charge in [0.05, 0.1) is 4.92 Å². The van der Waals surface area contributed by atoms with Crippen LogP contribution in [0.2, 0.25) is 5.02 Å².